The summed E-state index contributed by atoms with van der Waals surface area (Å²) >= 11 is 0. The highest BCUT2D eigenvalue weighted by Gasteiger charge is 2.27. The predicted molar refractivity (Wildman–Crippen MR) is 67.1 cm³/mol. The number of sulfone groups is 1. The van der Waals surface area contributed by atoms with Gasteiger partial charge in [-0.15, -0.1) is 0 Å². The third-order valence-electron chi connectivity index (χ3n) is 2.89. The summed E-state index contributed by atoms with van der Waals surface area (Å²) in [6.07, 6.45) is 0.650. The van der Waals surface area contributed by atoms with Crippen molar-refractivity contribution in [1.29, 1.82) is 0 Å². The van der Waals surface area contributed by atoms with Gasteiger partial charge in [-0.1, -0.05) is 0 Å². The van der Waals surface area contributed by atoms with E-state index in [2.05, 4.69) is 5.32 Å². The fourth-order valence-electron chi connectivity index (χ4n) is 1.95. The third kappa shape index (κ3) is 3.06. The molecule has 0 amide bonds. The Labute approximate surface area is 101 Å². The average molecular weight is 253 g/mol. The number of nitrogens with one attached hydrogen (secondary N) is 1. The number of anilines is 1. The van der Waals surface area contributed by atoms with Gasteiger partial charge >= 0.3 is 0 Å². The fourth-order valence-corrected chi connectivity index (χ4v) is 3.62. The Hall–Kier alpha value is -1.36. The van der Waals surface area contributed by atoms with E-state index >= 15 is 0 Å². The number of Topliss-reactive ketones (excluding diaryl/α,β-unsaturated/α-hetero) is 1. The number of rotatable bonds is 3. The summed E-state index contributed by atoms with van der Waals surface area (Å²) in [5.41, 5.74) is 1.52. The lowest BCUT2D eigenvalue weighted by molar-refractivity contribution is 0.101. The first-order chi connectivity index (χ1) is 7.96. The fraction of sp³-hybridized carbons (Fsp3) is 0.417. The van der Waals surface area contributed by atoms with Gasteiger partial charge in [0.15, 0.2) is 15.6 Å². The lowest BCUT2D eigenvalue weighted by Crippen LogP contribution is -2.20. The lowest BCUT2D eigenvalue weighted by atomic mass is 10.1. The first-order valence-corrected chi connectivity index (χ1v) is 7.36. The van der Waals surface area contributed by atoms with Gasteiger partial charge in [0.25, 0.3) is 0 Å². The van der Waals surface area contributed by atoms with Crippen molar-refractivity contribution in [2.24, 2.45) is 0 Å². The topological polar surface area (TPSA) is 63.2 Å². The smallest absolute Gasteiger partial charge is 0.159 e. The van der Waals surface area contributed by atoms with Gasteiger partial charge in [0.2, 0.25) is 0 Å². The Balaban J connectivity index is 2.03. The second-order valence-electron chi connectivity index (χ2n) is 4.38. The SMILES string of the molecule is CC(=O)c1ccc(NC2CCS(=O)(=O)C2)cc1. The monoisotopic (exact) mass is 253 g/mol. The van der Waals surface area contributed by atoms with Crippen molar-refractivity contribution in [2.45, 2.75) is 19.4 Å². The summed E-state index contributed by atoms with van der Waals surface area (Å²) in [7, 11) is -2.85. The molecule has 1 aliphatic heterocycles. The maximum absolute atomic E-state index is 11.3. The molecule has 1 N–H and O–H groups in total. The van der Waals surface area contributed by atoms with Crippen molar-refractivity contribution < 1.29 is 13.2 Å². The van der Waals surface area contributed by atoms with Crippen LogP contribution in [-0.4, -0.2) is 31.7 Å². The molecule has 1 fully saturated rings. The van der Waals surface area contributed by atoms with Crippen molar-refractivity contribution >= 4 is 21.3 Å². The first-order valence-electron chi connectivity index (χ1n) is 5.54. The Morgan fingerprint density at radius 1 is 1.29 bits per heavy atom. The van der Waals surface area contributed by atoms with Crippen molar-refractivity contribution in [3.05, 3.63) is 29.8 Å². The van der Waals surface area contributed by atoms with Crippen LogP contribution in [0.15, 0.2) is 24.3 Å². The Bertz CT molecular complexity index is 519. The molecule has 4 nitrogen and oxygen atoms in total. The zero-order valence-corrected chi connectivity index (χ0v) is 10.5. The zero-order valence-electron chi connectivity index (χ0n) is 9.64. The van der Waals surface area contributed by atoms with Crippen LogP contribution in [0.1, 0.15) is 23.7 Å². The summed E-state index contributed by atoms with van der Waals surface area (Å²) in [6, 6.07) is 7.09. The molecule has 0 aliphatic carbocycles. The van der Waals surface area contributed by atoms with Crippen LogP contribution in [0.25, 0.3) is 0 Å². The van der Waals surface area contributed by atoms with Gasteiger partial charge in [-0.25, -0.2) is 8.42 Å². The lowest BCUT2D eigenvalue weighted by Gasteiger charge is -2.12. The highest BCUT2D eigenvalue weighted by molar-refractivity contribution is 7.91. The molecule has 0 bridgehead atoms. The van der Waals surface area contributed by atoms with E-state index in [9.17, 15) is 13.2 Å². The number of carbonyl (C=O) groups excluding carboxylic acids is 1. The molecule has 1 aliphatic rings. The number of ketones is 1. The second-order valence-corrected chi connectivity index (χ2v) is 6.61. The van der Waals surface area contributed by atoms with Crippen LogP contribution in [0.3, 0.4) is 0 Å². The summed E-state index contributed by atoms with van der Waals surface area (Å²) < 4.78 is 22.6. The van der Waals surface area contributed by atoms with Gasteiger partial charge in [0.1, 0.15) is 0 Å². The van der Waals surface area contributed by atoms with Gasteiger partial charge in [-0.2, -0.15) is 0 Å². The van der Waals surface area contributed by atoms with Crippen molar-refractivity contribution in [3.63, 3.8) is 0 Å². The van der Waals surface area contributed by atoms with Crippen molar-refractivity contribution in [2.75, 3.05) is 16.8 Å². The van der Waals surface area contributed by atoms with E-state index in [0.29, 0.717) is 12.0 Å². The molecule has 0 radical (unpaired) electrons. The number of carbonyl (C=O) groups is 1. The van der Waals surface area contributed by atoms with Crippen molar-refractivity contribution in [3.8, 4) is 0 Å². The third-order valence-corrected chi connectivity index (χ3v) is 4.66. The highest BCUT2D eigenvalue weighted by Crippen LogP contribution is 2.18. The minimum absolute atomic E-state index is 0.0109. The number of benzene rings is 1. The summed E-state index contributed by atoms with van der Waals surface area (Å²) in [5, 5.41) is 3.17. The second kappa shape index (κ2) is 4.49. The van der Waals surface area contributed by atoms with Gasteiger partial charge in [0.05, 0.1) is 11.5 Å². The largest absolute Gasteiger partial charge is 0.381 e. The normalized spacial score (nSPS) is 22.3. The van der Waals surface area contributed by atoms with Crippen molar-refractivity contribution in [1.82, 2.24) is 0 Å². The van der Waals surface area contributed by atoms with E-state index in [1.165, 1.54) is 6.92 Å². The summed E-state index contributed by atoms with van der Waals surface area (Å²) in [6.45, 7) is 1.52. The molecule has 2 rings (SSSR count). The van der Waals surface area contributed by atoms with Crippen LogP contribution in [-0.2, 0) is 9.84 Å². The van der Waals surface area contributed by atoms with Gasteiger partial charge < -0.3 is 5.32 Å². The Kier molecular flexibility index (Phi) is 3.19. The molecule has 92 valence electrons. The minimum atomic E-state index is -2.85. The molecule has 0 saturated carbocycles. The quantitative estimate of drug-likeness (QED) is 0.829. The standard InChI is InChI=1S/C12H15NO3S/c1-9(14)10-2-4-11(5-3-10)13-12-6-7-17(15,16)8-12/h2-5,12-13H,6-8H2,1H3. The summed E-state index contributed by atoms with van der Waals surface area (Å²) in [5.74, 6) is 0.484. The van der Waals surface area contributed by atoms with E-state index in [0.717, 1.165) is 5.69 Å². The van der Waals surface area contributed by atoms with E-state index in [4.69, 9.17) is 0 Å². The molecule has 1 aromatic rings. The molecular formula is C12H15NO3S. The predicted octanol–water partition coefficient (Wildman–Crippen LogP) is 1.49. The molecular weight excluding hydrogens is 238 g/mol. The van der Waals surface area contributed by atoms with Crippen LogP contribution < -0.4 is 5.32 Å². The van der Waals surface area contributed by atoms with Crippen LogP contribution in [0.2, 0.25) is 0 Å². The highest BCUT2D eigenvalue weighted by atomic mass is 32.2. The molecule has 1 heterocycles. The molecule has 5 heteroatoms. The Morgan fingerprint density at radius 3 is 2.41 bits per heavy atom. The minimum Gasteiger partial charge on any atom is -0.381 e. The van der Waals surface area contributed by atoms with Crippen LogP contribution in [0.5, 0.6) is 0 Å². The molecule has 0 spiro atoms. The Morgan fingerprint density at radius 2 is 1.94 bits per heavy atom. The van der Waals surface area contributed by atoms with Gasteiger partial charge in [-0.05, 0) is 37.6 Å². The van der Waals surface area contributed by atoms with Crippen LogP contribution in [0.4, 0.5) is 5.69 Å². The molecule has 1 saturated heterocycles. The maximum atomic E-state index is 11.3. The molecule has 17 heavy (non-hydrogen) atoms. The zero-order chi connectivity index (χ0) is 12.5. The van der Waals surface area contributed by atoms with E-state index in [-0.39, 0.29) is 23.3 Å². The number of hydrogen-bond acceptors (Lipinski definition) is 4. The first kappa shape index (κ1) is 12.1. The van der Waals surface area contributed by atoms with E-state index < -0.39 is 9.84 Å². The van der Waals surface area contributed by atoms with Gasteiger partial charge in [0, 0.05) is 17.3 Å². The van der Waals surface area contributed by atoms with E-state index in [1.54, 1.807) is 12.1 Å². The maximum Gasteiger partial charge on any atom is 0.159 e. The van der Waals surface area contributed by atoms with Crippen LogP contribution in [0, 0.1) is 0 Å². The van der Waals surface area contributed by atoms with Crippen LogP contribution >= 0.6 is 0 Å². The molecule has 1 unspecified atom stereocenters. The number of hydrogen-bond donors (Lipinski definition) is 1. The molecule has 0 aromatic heterocycles. The van der Waals surface area contributed by atoms with E-state index in [1.807, 2.05) is 12.1 Å². The molecule has 1 aromatic carbocycles. The summed E-state index contributed by atoms with van der Waals surface area (Å²) in [4.78, 5) is 11.1. The molecule has 1 atom stereocenters. The average Bonchev–Trinajstić information content (AvgIpc) is 2.59. The van der Waals surface area contributed by atoms with Gasteiger partial charge in [-0.3, -0.25) is 4.79 Å².